The number of rotatable bonds is 3. The molecule has 3 nitrogen and oxygen atoms in total. The van der Waals surface area contributed by atoms with Crippen LogP contribution in [0.4, 0.5) is 0 Å². The minimum atomic E-state index is 0.119. The van der Waals surface area contributed by atoms with E-state index in [4.69, 9.17) is 0 Å². The maximum Gasteiger partial charge on any atom is 0.239 e. The summed E-state index contributed by atoms with van der Waals surface area (Å²) in [7, 11) is 0. The van der Waals surface area contributed by atoms with Crippen LogP contribution in [0.5, 0.6) is 0 Å². The zero-order valence-electron chi connectivity index (χ0n) is 12.2. The molecule has 3 heteroatoms. The molecule has 3 unspecified atom stereocenters. The van der Waals surface area contributed by atoms with Gasteiger partial charge >= 0.3 is 0 Å². The van der Waals surface area contributed by atoms with E-state index in [2.05, 4.69) is 17.1 Å². The molecule has 3 atom stereocenters. The second kappa shape index (κ2) is 5.82. The van der Waals surface area contributed by atoms with E-state index in [1.165, 1.54) is 51.4 Å². The third kappa shape index (κ3) is 2.67. The van der Waals surface area contributed by atoms with Crippen molar-refractivity contribution in [1.82, 2.24) is 10.2 Å². The minimum absolute atomic E-state index is 0.119. The standard InChI is InChI=1S/C16H28N2O/c1-2-18(13-8-4-5-9-13)16(19)15-11-12-7-3-6-10-14(12)17-15/h12-15,17H,2-11H2,1H3. The summed E-state index contributed by atoms with van der Waals surface area (Å²) in [6.45, 7) is 3.02. The molecule has 1 N–H and O–H groups in total. The van der Waals surface area contributed by atoms with Crippen LogP contribution in [0.15, 0.2) is 0 Å². The summed E-state index contributed by atoms with van der Waals surface area (Å²) in [6, 6.07) is 1.28. The van der Waals surface area contributed by atoms with Gasteiger partial charge in [0.25, 0.3) is 0 Å². The van der Waals surface area contributed by atoms with Crippen LogP contribution in [0.1, 0.15) is 64.7 Å². The number of amides is 1. The molecular formula is C16H28N2O. The van der Waals surface area contributed by atoms with Gasteiger partial charge in [-0.25, -0.2) is 0 Å². The lowest BCUT2D eigenvalue weighted by Crippen LogP contribution is -2.48. The van der Waals surface area contributed by atoms with E-state index in [9.17, 15) is 4.79 Å². The third-order valence-electron chi connectivity index (χ3n) is 5.55. The van der Waals surface area contributed by atoms with Crippen molar-refractivity contribution in [2.24, 2.45) is 5.92 Å². The Morgan fingerprint density at radius 3 is 2.47 bits per heavy atom. The van der Waals surface area contributed by atoms with Crippen molar-refractivity contribution in [3.05, 3.63) is 0 Å². The Labute approximate surface area is 117 Å². The number of carbonyl (C=O) groups is 1. The highest BCUT2D eigenvalue weighted by Crippen LogP contribution is 2.34. The fraction of sp³-hybridized carbons (Fsp3) is 0.938. The Balaban J connectivity index is 1.62. The van der Waals surface area contributed by atoms with Crippen molar-refractivity contribution in [2.75, 3.05) is 6.54 Å². The van der Waals surface area contributed by atoms with Crippen molar-refractivity contribution in [1.29, 1.82) is 0 Å². The monoisotopic (exact) mass is 264 g/mol. The average molecular weight is 264 g/mol. The molecule has 2 aliphatic carbocycles. The molecule has 19 heavy (non-hydrogen) atoms. The number of nitrogens with one attached hydrogen (secondary N) is 1. The van der Waals surface area contributed by atoms with Gasteiger partial charge in [0.05, 0.1) is 6.04 Å². The first-order valence-electron chi connectivity index (χ1n) is 8.36. The number of nitrogens with zero attached hydrogens (tertiary/aromatic N) is 1. The number of likely N-dealkylation sites (N-methyl/N-ethyl adjacent to an activating group) is 1. The lowest BCUT2D eigenvalue weighted by atomic mass is 9.85. The zero-order valence-corrected chi connectivity index (χ0v) is 12.2. The van der Waals surface area contributed by atoms with E-state index in [0.29, 0.717) is 18.0 Å². The van der Waals surface area contributed by atoms with Crippen LogP contribution in [0, 0.1) is 5.92 Å². The molecular weight excluding hydrogens is 236 g/mol. The maximum absolute atomic E-state index is 12.8. The van der Waals surface area contributed by atoms with Gasteiger partial charge in [0.1, 0.15) is 0 Å². The molecule has 1 saturated heterocycles. The zero-order chi connectivity index (χ0) is 13.2. The molecule has 0 spiro atoms. The van der Waals surface area contributed by atoms with E-state index in [1.54, 1.807) is 0 Å². The average Bonchev–Trinajstić information content (AvgIpc) is 3.08. The molecule has 0 aromatic carbocycles. The van der Waals surface area contributed by atoms with Gasteiger partial charge in [0, 0.05) is 18.6 Å². The Morgan fingerprint density at radius 1 is 1.11 bits per heavy atom. The van der Waals surface area contributed by atoms with Crippen LogP contribution in [0.3, 0.4) is 0 Å². The molecule has 0 radical (unpaired) electrons. The fourth-order valence-electron chi connectivity index (χ4n) is 4.52. The quantitative estimate of drug-likeness (QED) is 0.850. The molecule has 1 heterocycles. The molecule has 0 aromatic rings. The highest BCUT2D eigenvalue weighted by molar-refractivity contribution is 5.82. The first-order valence-corrected chi connectivity index (χ1v) is 8.36. The van der Waals surface area contributed by atoms with Gasteiger partial charge in [-0.3, -0.25) is 4.79 Å². The van der Waals surface area contributed by atoms with Crippen LogP contribution in [-0.4, -0.2) is 35.5 Å². The topological polar surface area (TPSA) is 32.3 Å². The SMILES string of the molecule is CCN(C(=O)C1CC2CCCCC2N1)C1CCCC1. The summed E-state index contributed by atoms with van der Waals surface area (Å²) < 4.78 is 0. The third-order valence-corrected chi connectivity index (χ3v) is 5.55. The van der Waals surface area contributed by atoms with E-state index < -0.39 is 0 Å². The van der Waals surface area contributed by atoms with Crippen LogP contribution in [0.2, 0.25) is 0 Å². The van der Waals surface area contributed by atoms with Crippen molar-refractivity contribution < 1.29 is 4.79 Å². The van der Waals surface area contributed by atoms with Crippen molar-refractivity contribution in [3.63, 3.8) is 0 Å². The lowest BCUT2D eigenvalue weighted by Gasteiger charge is -2.30. The Morgan fingerprint density at radius 2 is 1.79 bits per heavy atom. The predicted molar refractivity (Wildman–Crippen MR) is 76.9 cm³/mol. The Hall–Kier alpha value is -0.570. The van der Waals surface area contributed by atoms with Crippen LogP contribution < -0.4 is 5.32 Å². The van der Waals surface area contributed by atoms with Gasteiger partial charge in [-0.15, -0.1) is 0 Å². The second-order valence-electron chi connectivity index (χ2n) is 6.67. The van der Waals surface area contributed by atoms with Gasteiger partial charge in [0.2, 0.25) is 5.91 Å². The fourth-order valence-corrected chi connectivity index (χ4v) is 4.52. The van der Waals surface area contributed by atoms with Crippen molar-refractivity contribution >= 4 is 5.91 Å². The second-order valence-corrected chi connectivity index (χ2v) is 6.67. The number of fused-ring (bicyclic) bond motifs is 1. The number of carbonyl (C=O) groups excluding carboxylic acids is 1. The highest BCUT2D eigenvalue weighted by Gasteiger charge is 2.40. The van der Waals surface area contributed by atoms with E-state index in [1.807, 2.05) is 0 Å². The van der Waals surface area contributed by atoms with Crippen LogP contribution in [0.25, 0.3) is 0 Å². The van der Waals surface area contributed by atoms with Gasteiger partial charge in [-0.2, -0.15) is 0 Å². The predicted octanol–water partition coefficient (Wildman–Crippen LogP) is 2.70. The molecule has 1 amide bonds. The first kappa shape index (κ1) is 13.4. The molecule has 3 aliphatic rings. The van der Waals surface area contributed by atoms with Crippen molar-refractivity contribution in [2.45, 2.75) is 82.8 Å². The van der Waals surface area contributed by atoms with E-state index in [-0.39, 0.29) is 6.04 Å². The molecule has 3 fully saturated rings. The number of hydrogen-bond acceptors (Lipinski definition) is 2. The van der Waals surface area contributed by atoms with Crippen LogP contribution in [-0.2, 0) is 4.79 Å². The molecule has 0 bridgehead atoms. The molecule has 3 rings (SSSR count). The van der Waals surface area contributed by atoms with Gasteiger partial charge in [-0.1, -0.05) is 25.7 Å². The highest BCUT2D eigenvalue weighted by atomic mass is 16.2. The van der Waals surface area contributed by atoms with Gasteiger partial charge in [0.15, 0.2) is 0 Å². The Kier molecular flexibility index (Phi) is 4.11. The molecule has 1 aliphatic heterocycles. The Bertz CT molecular complexity index is 311. The summed E-state index contributed by atoms with van der Waals surface area (Å²) in [5, 5.41) is 3.64. The van der Waals surface area contributed by atoms with E-state index >= 15 is 0 Å². The smallest absolute Gasteiger partial charge is 0.239 e. The summed E-state index contributed by atoms with van der Waals surface area (Å²) >= 11 is 0. The minimum Gasteiger partial charge on any atom is -0.339 e. The maximum atomic E-state index is 12.8. The van der Waals surface area contributed by atoms with E-state index in [0.717, 1.165) is 18.9 Å². The molecule has 108 valence electrons. The summed E-state index contributed by atoms with van der Waals surface area (Å²) in [5.41, 5.74) is 0. The lowest BCUT2D eigenvalue weighted by molar-refractivity contribution is -0.135. The summed E-state index contributed by atoms with van der Waals surface area (Å²) in [5.74, 6) is 1.16. The van der Waals surface area contributed by atoms with Crippen LogP contribution >= 0.6 is 0 Å². The number of hydrogen-bond donors (Lipinski definition) is 1. The van der Waals surface area contributed by atoms with Crippen molar-refractivity contribution in [3.8, 4) is 0 Å². The summed E-state index contributed by atoms with van der Waals surface area (Å²) in [6.07, 6.45) is 11.5. The first-order chi connectivity index (χ1) is 9.29. The summed E-state index contributed by atoms with van der Waals surface area (Å²) in [4.78, 5) is 14.9. The molecule has 2 saturated carbocycles. The van der Waals surface area contributed by atoms with Gasteiger partial charge in [-0.05, 0) is 44.9 Å². The molecule has 0 aromatic heterocycles. The largest absolute Gasteiger partial charge is 0.339 e. The normalized spacial score (nSPS) is 35.3. The van der Waals surface area contributed by atoms with Gasteiger partial charge < -0.3 is 10.2 Å².